The van der Waals surface area contributed by atoms with E-state index in [1.165, 1.54) is 0 Å². The van der Waals surface area contributed by atoms with Crippen LogP contribution >= 0.6 is 0 Å². The Labute approximate surface area is 128 Å². The van der Waals surface area contributed by atoms with E-state index in [4.69, 9.17) is 22.8 Å². The van der Waals surface area contributed by atoms with Gasteiger partial charge in [-0.15, -0.1) is 0 Å². The second-order valence-corrected chi connectivity index (χ2v) is 6.93. The molecule has 0 aliphatic carbocycles. The smallest absolute Gasteiger partial charge is 0.493 e. The molecule has 0 N–H and O–H groups in total. The lowest BCUT2D eigenvalue weighted by Crippen LogP contribution is -2.48. The molecular formula is C15H26O5Si. The third-order valence-electron chi connectivity index (χ3n) is 2.96. The van der Waals surface area contributed by atoms with Crippen molar-refractivity contribution in [3.8, 4) is 11.5 Å². The van der Waals surface area contributed by atoms with Crippen LogP contribution in [0.15, 0.2) is 18.2 Å². The summed E-state index contributed by atoms with van der Waals surface area (Å²) in [5, 5.41) is 0. The van der Waals surface area contributed by atoms with Gasteiger partial charge in [-0.05, 0) is 38.5 Å². The molecule has 21 heavy (non-hydrogen) atoms. The highest BCUT2D eigenvalue weighted by Gasteiger charge is 2.40. The molecule has 0 unspecified atom stereocenters. The van der Waals surface area contributed by atoms with E-state index >= 15 is 0 Å². The van der Waals surface area contributed by atoms with Gasteiger partial charge < -0.3 is 22.8 Å². The van der Waals surface area contributed by atoms with Crippen LogP contribution in [0.5, 0.6) is 11.5 Å². The molecule has 1 aromatic rings. The molecule has 120 valence electrons. The van der Waals surface area contributed by atoms with Crippen LogP contribution in [0.1, 0.15) is 26.3 Å². The minimum absolute atomic E-state index is 0.569. The van der Waals surface area contributed by atoms with Gasteiger partial charge in [0, 0.05) is 25.9 Å². The van der Waals surface area contributed by atoms with E-state index in [2.05, 4.69) is 0 Å². The predicted octanol–water partition coefficient (Wildman–Crippen LogP) is 2.83. The van der Waals surface area contributed by atoms with Gasteiger partial charge in [0.1, 0.15) is 0 Å². The summed E-state index contributed by atoms with van der Waals surface area (Å²) in [5.74, 6) is 1.40. The topological polar surface area (TPSA) is 46.2 Å². The Hall–Kier alpha value is -1.08. The van der Waals surface area contributed by atoms with Gasteiger partial charge in [-0.3, -0.25) is 0 Å². The normalized spacial score (nSPS) is 11.5. The molecule has 1 aromatic carbocycles. The molecule has 0 aliphatic heterocycles. The highest BCUT2D eigenvalue weighted by Crippen LogP contribution is 2.29. The number of hydrogen-bond acceptors (Lipinski definition) is 5. The molecule has 0 aliphatic rings. The molecule has 0 bridgehead atoms. The van der Waals surface area contributed by atoms with Crippen LogP contribution < -0.4 is 9.47 Å². The van der Waals surface area contributed by atoms with E-state index in [-0.39, 0.29) is 0 Å². The van der Waals surface area contributed by atoms with Gasteiger partial charge >= 0.3 is 8.80 Å². The molecule has 6 heteroatoms. The first-order valence-electron chi connectivity index (χ1n) is 7.27. The number of rotatable bonds is 10. The zero-order valence-electron chi connectivity index (χ0n) is 13.6. The first-order chi connectivity index (χ1) is 10.1. The van der Waals surface area contributed by atoms with Gasteiger partial charge in [0.05, 0.1) is 14.2 Å². The van der Waals surface area contributed by atoms with E-state index in [9.17, 15) is 0 Å². The summed E-state index contributed by atoms with van der Waals surface area (Å²) >= 11 is 0. The monoisotopic (exact) mass is 314 g/mol. The molecule has 0 heterocycles. The van der Waals surface area contributed by atoms with Crippen molar-refractivity contribution in [1.82, 2.24) is 0 Å². The second-order valence-electron chi connectivity index (χ2n) is 4.35. The quantitative estimate of drug-likeness (QED) is 0.621. The summed E-state index contributed by atoms with van der Waals surface area (Å²) in [6, 6.07) is 6.43. The summed E-state index contributed by atoms with van der Waals surface area (Å²) in [6.07, 6.45) is 0. The SMILES string of the molecule is CCO[Si](Cc1ccc(OC)c(OC)c1)(OCC)OCC. The Kier molecular flexibility index (Phi) is 7.74. The second kappa shape index (κ2) is 9.04. The third-order valence-corrected chi connectivity index (χ3v) is 5.99. The van der Waals surface area contributed by atoms with Crippen LogP contribution in [0.4, 0.5) is 0 Å². The van der Waals surface area contributed by atoms with Crippen molar-refractivity contribution < 1.29 is 22.8 Å². The standard InChI is InChI=1S/C15H26O5Si/c1-6-18-21(19-7-2,20-8-3)12-13-9-10-14(16-4)15(11-13)17-5/h9-11H,6-8,12H2,1-5H3. The Balaban J connectivity index is 3.01. The molecule has 0 radical (unpaired) electrons. The molecule has 0 fully saturated rings. The molecule has 5 nitrogen and oxygen atoms in total. The first kappa shape index (κ1) is 18.0. The highest BCUT2D eigenvalue weighted by molar-refractivity contribution is 6.60. The fourth-order valence-electron chi connectivity index (χ4n) is 2.18. The number of hydrogen-bond donors (Lipinski definition) is 0. The maximum atomic E-state index is 5.87. The number of benzene rings is 1. The van der Waals surface area contributed by atoms with Crippen LogP contribution in [-0.4, -0.2) is 42.8 Å². The van der Waals surface area contributed by atoms with Crippen LogP contribution in [0.2, 0.25) is 0 Å². The van der Waals surface area contributed by atoms with Crippen molar-refractivity contribution in [3.63, 3.8) is 0 Å². The van der Waals surface area contributed by atoms with Crippen LogP contribution in [0.3, 0.4) is 0 Å². The summed E-state index contributed by atoms with van der Waals surface area (Å²) in [7, 11) is 0.551. The number of ether oxygens (including phenoxy) is 2. The van der Waals surface area contributed by atoms with Gasteiger partial charge in [0.2, 0.25) is 0 Å². The summed E-state index contributed by atoms with van der Waals surface area (Å²) in [5.41, 5.74) is 1.05. The van der Waals surface area contributed by atoms with Crippen LogP contribution in [0, 0.1) is 0 Å². The zero-order valence-corrected chi connectivity index (χ0v) is 14.6. The fraction of sp³-hybridized carbons (Fsp3) is 0.600. The Bertz CT molecular complexity index is 408. The third kappa shape index (κ3) is 5.00. The lowest BCUT2D eigenvalue weighted by Gasteiger charge is -2.28. The largest absolute Gasteiger partial charge is 0.505 e. The van der Waals surface area contributed by atoms with E-state index < -0.39 is 8.80 Å². The molecule has 0 spiro atoms. The number of methoxy groups -OCH3 is 2. The van der Waals surface area contributed by atoms with Crippen LogP contribution in [0.25, 0.3) is 0 Å². The zero-order chi connectivity index (χ0) is 15.7. The average Bonchev–Trinajstić information content (AvgIpc) is 2.48. The van der Waals surface area contributed by atoms with Gasteiger partial charge in [0.25, 0.3) is 0 Å². The van der Waals surface area contributed by atoms with Crippen molar-refractivity contribution in [2.75, 3.05) is 34.0 Å². The maximum Gasteiger partial charge on any atom is 0.505 e. The van der Waals surface area contributed by atoms with Crippen LogP contribution in [-0.2, 0) is 19.3 Å². The highest BCUT2D eigenvalue weighted by atomic mass is 28.4. The first-order valence-corrected chi connectivity index (χ1v) is 9.20. The minimum Gasteiger partial charge on any atom is -0.493 e. The summed E-state index contributed by atoms with van der Waals surface area (Å²) in [4.78, 5) is 0. The summed E-state index contributed by atoms with van der Waals surface area (Å²) < 4.78 is 28.2. The predicted molar refractivity (Wildman–Crippen MR) is 83.9 cm³/mol. The molecule has 0 amide bonds. The fourth-order valence-corrected chi connectivity index (χ4v) is 4.77. The Morgan fingerprint density at radius 1 is 0.810 bits per heavy atom. The minimum atomic E-state index is -2.70. The summed E-state index contributed by atoms with van der Waals surface area (Å²) in [6.45, 7) is 7.57. The van der Waals surface area contributed by atoms with Gasteiger partial charge in [-0.2, -0.15) is 0 Å². The average molecular weight is 314 g/mol. The van der Waals surface area contributed by atoms with Crippen molar-refractivity contribution in [2.45, 2.75) is 26.8 Å². The molecule has 0 saturated carbocycles. The van der Waals surface area contributed by atoms with Crippen molar-refractivity contribution >= 4 is 8.80 Å². The van der Waals surface area contributed by atoms with E-state index in [1.54, 1.807) is 14.2 Å². The van der Waals surface area contributed by atoms with Crippen molar-refractivity contribution in [2.24, 2.45) is 0 Å². The van der Waals surface area contributed by atoms with Gasteiger partial charge in [-0.25, -0.2) is 0 Å². The molecule has 0 atom stereocenters. The lowest BCUT2D eigenvalue weighted by atomic mass is 10.2. The molecule has 1 rings (SSSR count). The van der Waals surface area contributed by atoms with E-state index in [1.807, 2.05) is 39.0 Å². The van der Waals surface area contributed by atoms with Crippen molar-refractivity contribution in [1.29, 1.82) is 0 Å². The van der Waals surface area contributed by atoms with E-state index in [0.717, 1.165) is 5.56 Å². The Morgan fingerprint density at radius 2 is 1.33 bits per heavy atom. The lowest BCUT2D eigenvalue weighted by molar-refractivity contribution is 0.0704. The van der Waals surface area contributed by atoms with Gasteiger partial charge in [-0.1, -0.05) is 6.07 Å². The maximum absolute atomic E-state index is 5.87. The van der Waals surface area contributed by atoms with Crippen molar-refractivity contribution in [3.05, 3.63) is 23.8 Å². The molecular weight excluding hydrogens is 288 g/mol. The van der Waals surface area contributed by atoms with E-state index in [0.29, 0.717) is 37.4 Å². The molecule has 0 saturated heterocycles. The van der Waals surface area contributed by atoms with Gasteiger partial charge in [0.15, 0.2) is 11.5 Å². The Morgan fingerprint density at radius 3 is 1.76 bits per heavy atom. The molecule has 0 aromatic heterocycles.